The van der Waals surface area contributed by atoms with Crippen LogP contribution in [0.5, 0.6) is 11.5 Å². The lowest BCUT2D eigenvalue weighted by molar-refractivity contribution is -0.192. The van der Waals surface area contributed by atoms with Crippen LogP contribution in [0, 0.1) is 5.41 Å². The molecule has 7 N–H and O–H groups in total. The molecule has 3 aromatic rings. The van der Waals surface area contributed by atoms with Crippen LogP contribution < -0.4 is 31.4 Å². The predicted octanol–water partition coefficient (Wildman–Crippen LogP) is 3.61. The Labute approximate surface area is 232 Å². The second-order valence-electron chi connectivity index (χ2n) is 7.86. The number of anilines is 1. The number of rotatable bonds is 10. The molecule has 0 saturated carbocycles. The molecule has 0 aliphatic carbocycles. The van der Waals surface area contributed by atoms with Gasteiger partial charge in [-0.2, -0.15) is 13.2 Å². The summed E-state index contributed by atoms with van der Waals surface area (Å²) in [6.07, 6.45) is -3.72. The van der Waals surface area contributed by atoms with Crippen LogP contribution in [-0.4, -0.2) is 48.1 Å². The lowest BCUT2D eigenvalue weighted by atomic mass is 10.0. The highest BCUT2D eigenvalue weighted by atomic mass is 19.4. The summed E-state index contributed by atoms with van der Waals surface area (Å²) >= 11 is 0. The molecule has 0 fully saturated rings. The van der Waals surface area contributed by atoms with Crippen LogP contribution in [-0.2, 0) is 9.59 Å². The Hall–Kier alpha value is -5.21. The van der Waals surface area contributed by atoms with Gasteiger partial charge in [-0.3, -0.25) is 25.8 Å². The number of carboxylic acid groups (broad SMARTS) is 1. The van der Waals surface area contributed by atoms with E-state index >= 15 is 0 Å². The van der Waals surface area contributed by atoms with Crippen LogP contribution in [0.2, 0.25) is 0 Å². The Morgan fingerprint density at radius 2 is 1.61 bits per heavy atom. The van der Waals surface area contributed by atoms with Crippen molar-refractivity contribution in [2.75, 3.05) is 18.5 Å². The monoisotopic (exact) mass is 579 g/mol. The average molecular weight is 580 g/mol. The highest BCUT2D eigenvalue weighted by Crippen LogP contribution is 2.32. The second-order valence-corrected chi connectivity index (χ2v) is 7.86. The molecule has 0 bridgehead atoms. The average Bonchev–Trinajstić information content (AvgIpc) is 3.47. The summed E-state index contributed by atoms with van der Waals surface area (Å²) in [6, 6.07) is 14.1. The number of hydrogen-bond acceptors (Lipinski definition) is 8. The molecule has 1 heterocycles. The quantitative estimate of drug-likeness (QED) is 0.118. The van der Waals surface area contributed by atoms with E-state index in [0.29, 0.717) is 41.5 Å². The van der Waals surface area contributed by atoms with Crippen molar-refractivity contribution < 1.29 is 46.6 Å². The number of furan rings is 1. The van der Waals surface area contributed by atoms with E-state index in [1.54, 1.807) is 48.5 Å². The largest absolute Gasteiger partial charge is 0.490 e. The van der Waals surface area contributed by atoms with E-state index in [0.717, 1.165) is 0 Å². The first-order chi connectivity index (χ1) is 19.4. The van der Waals surface area contributed by atoms with Gasteiger partial charge in [0.25, 0.3) is 5.91 Å². The number of hydrazine groups is 1. The van der Waals surface area contributed by atoms with E-state index in [4.69, 9.17) is 34.9 Å². The van der Waals surface area contributed by atoms with E-state index in [9.17, 15) is 22.8 Å². The zero-order valence-corrected chi connectivity index (χ0v) is 21.9. The minimum atomic E-state index is -5.08. The number of alkyl halides is 3. The van der Waals surface area contributed by atoms with Gasteiger partial charge < -0.3 is 30.0 Å². The lowest BCUT2D eigenvalue weighted by Gasteiger charge is -2.22. The number of halogens is 3. The standard InChI is InChI=1S/C24H27N5O5.C2HF3O2/c1-3-32-18-12-9-16(14-20(18)33-4-2)21(27-17-10-7-15(8-11-17)22(25)26)24(31)29-28-23(30)19-6-5-13-34-19;3-2(4,5)1(6)7/h5-14,21,27H,3-4H2,1-2H3,(H3,25,26)(H,28,30)(H,29,31);(H,6,7). The number of aliphatic carboxylic acids is 1. The predicted molar refractivity (Wildman–Crippen MR) is 141 cm³/mol. The van der Waals surface area contributed by atoms with Crippen LogP contribution in [0.4, 0.5) is 18.9 Å². The van der Waals surface area contributed by atoms with Gasteiger partial charge in [0, 0.05) is 11.3 Å². The maximum absolute atomic E-state index is 13.1. The Kier molecular flexibility index (Phi) is 11.6. The van der Waals surface area contributed by atoms with Crippen LogP contribution in [0.15, 0.2) is 65.3 Å². The number of nitrogen functional groups attached to an aromatic ring is 1. The summed E-state index contributed by atoms with van der Waals surface area (Å²) in [6.45, 7) is 4.60. The summed E-state index contributed by atoms with van der Waals surface area (Å²) in [5.74, 6) is -2.82. The van der Waals surface area contributed by atoms with Gasteiger partial charge in [-0.05, 0) is 67.9 Å². The summed E-state index contributed by atoms with van der Waals surface area (Å²) in [7, 11) is 0. The number of carbonyl (C=O) groups is 3. The van der Waals surface area contributed by atoms with Crippen molar-refractivity contribution in [2.24, 2.45) is 5.73 Å². The van der Waals surface area contributed by atoms with Crippen molar-refractivity contribution >= 4 is 29.3 Å². The second kappa shape index (κ2) is 14.8. The molecule has 2 amide bonds. The summed E-state index contributed by atoms with van der Waals surface area (Å²) in [5.41, 5.74) is 12.0. The first kappa shape index (κ1) is 32.0. The van der Waals surface area contributed by atoms with E-state index in [1.165, 1.54) is 12.3 Å². The minimum absolute atomic E-state index is 0.0596. The molecule has 1 atom stereocenters. The molecule has 0 aliphatic heterocycles. The van der Waals surface area contributed by atoms with Crippen LogP contribution in [0.1, 0.15) is 41.6 Å². The number of hydrogen-bond donors (Lipinski definition) is 6. The first-order valence-corrected chi connectivity index (χ1v) is 11.9. The summed E-state index contributed by atoms with van der Waals surface area (Å²) < 4.78 is 48.1. The Bertz CT molecular complexity index is 1330. The van der Waals surface area contributed by atoms with Gasteiger partial charge in [-0.1, -0.05) is 6.07 Å². The fourth-order valence-corrected chi connectivity index (χ4v) is 3.12. The maximum atomic E-state index is 13.1. The van der Waals surface area contributed by atoms with Crippen molar-refractivity contribution in [3.05, 3.63) is 77.7 Å². The Balaban J connectivity index is 0.000000745. The first-order valence-electron chi connectivity index (χ1n) is 11.9. The highest BCUT2D eigenvalue weighted by Gasteiger charge is 2.38. The molecule has 12 nitrogen and oxygen atoms in total. The number of carbonyl (C=O) groups excluding carboxylic acids is 2. The van der Waals surface area contributed by atoms with Gasteiger partial charge in [-0.25, -0.2) is 4.79 Å². The third kappa shape index (κ3) is 9.80. The van der Waals surface area contributed by atoms with E-state index in [1.807, 2.05) is 13.8 Å². The van der Waals surface area contributed by atoms with Crippen molar-refractivity contribution in [1.29, 1.82) is 5.41 Å². The number of ether oxygens (including phenoxy) is 2. The highest BCUT2D eigenvalue weighted by molar-refractivity contribution is 5.96. The maximum Gasteiger partial charge on any atom is 0.490 e. The molecular weight excluding hydrogens is 551 g/mol. The van der Waals surface area contributed by atoms with Gasteiger partial charge in [-0.15, -0.1) is 0 Å². The van der Waals surface area contributed by atoms with Crippen LogP contribution >= 0.6 is 0 Å². The van der Waals surface area contributed by atoms with Gasteiger partial charge in [0.05, 0.1) is 19.5 Å². The number of amidine groups is 1. The number of carboxylic acids is 1. The minimum Gasteiger partial charge on any atom is -0.490 e. The zero-order valence-electron chi connectivity index (χ0n) is 21.9. The van der Waals surface area contributed by atoms with Gasteiger partial charge in [0.1, 0.15) is 11.9 Å². The number of nitrogens with two attached hydrogens (primary N) is 1. The van der Waals surface area contributed by atoms with Gasteiger partial charge >= 0.3 is 18.1 Å². The lowest BCUT2D eigenvalue weighted by Crippen LogP contribution is -2.45. The molecule has 0 radical (unpaired) electrons. The van der Waals surface area contributed by atoms with E-state index in [-0.39, 0.29) is 11.6 Å². The molecule has 3 rings (SSSR count). The van der Waals surface area contributed by atoms with E-state index in [2.05, 4.69) is 16.2 Å². The third-order valence-electron chi connectivity index (χ3n) is 4.96. The van der Waals surface area contributed by atoms with Crippen molar-refractivity contribution in [3.63, 3.8) is 0 Å². The molecular formula is C26H28F3N5O7. The summed E-state index contributed by atoms with van der Waals surface area (Å²) in [5, 5.41) is 17.8. The normalized spacial score (nSPS) is 11.2. The Morgan fingerprint density at radius 3 is 2.12 bits per heavy atom. The van der Waals surface area contributed by atoms with Crippen molar-refractivity contribution in [3.8, 4) is 11.5 Å². The molecule has 15 heteroatoms. The van der Waals surface area contributed by atoms with Gasteiger partial charge in [0.2, 0.25) is 0 Å². The van der Waals surface area contributed by atoms with Crippen LogP contribution in [0.3, 0.4) is 0 Å². The van der Waals surface area contributed by atoms with Crippen molar-refractivity contribution in [1.82, 2.24) is 10.9 Å². The summed E-state index contributed by atoms with van der Waals surface area (Å²) in [4.78, 5) is 34.2. The molecule has 0 saturated heterocycles. The van der Waals surface area contributed by atoms with Crippen LogP contribution in [0.25, 0.3) is 0 Å². The van der Waals surface area contributed by atoms with E-state index < -0.39 is 30.0 Å². The fraction of sp³-hybridized carbons (Fsp3) is 0.231. The molecule has 2 aromatic carbocycles. The molecule has 220 valence electrons. The topological polar surface area (TPSA) is 189 Å². The third-order valence-corrected chi connectivity index (χ3v) is 4.96. The zero-order chi connectivity index (χ0) is 30.6. The number of amides is 2. The molecule has 1 aromatic heterocycles. The molecule has 41 heavy (non-hydrogen) atoms. The number of nitrogens with one attached hydrogen (secondary N) is 4. The number of benzene rings is 2. The SMILES string of the molecule is CCOc1ccc(C(Nc2ccc(C(=N)N)cc2)C(=O)NNC(=O)c2ccco2)cc1OCC.O=C(O)C(F)(F)F. The van der Waals surface area contributed by atoms with Crippen molar-refractivity contribution in [2.45, 2.75) is 26.1 Å². The molecule has 1 unspecified atom stereocenters. The molecule has 0 aliphatic rings. The smallest absolute Gasteiger partial charge is 0.490 e. The van der Waals surface area contributed by atoms with Gasteiger partial charge in [0.15, 0.2) is 17.3 Å². The Morgan fingerprint density at radius 1 is 1.00 bits per heavy atom. The fourth-order valence-electron chi connectivity index (χ4n) is 3.12. The molecule has 0 spiro atoms.